The van der Waals surface area contributed by atoms with Gasteiger partial charge in [-0.2, -0.15) is 0 Å². The Labute approximate surface area is 118 Å². The van der Waals surface area contributed by atoms with Crippen LogP contribution in [0.25, 0.3) is 0 Å². The molecule has 0 amide bonds. The molecule has 0 bridgehead atoms. The summed E-state index contributed by atoms with van der Waals surface area (Å²) in [7, 11) is 0. The maximum Gasteiger partial charge on any atom is 0.115 e. The molecule has 1 aromatic heterocycles. The van der Waals surface area contributed by atoms with Crippen molar-refractivity contribution in [2.24, 2.45) is 0 Å². The maximum atomic E-state index is 4.76. The van der Waals surface area contributed by atoms with Gasteiger partial charge in [0.25, 0.3) is 0 Å². The van der Waals surface area contributed by atoms with E-state index in [9.17, 15) is 0 Å². The molecule has 1 saturated carbocycles. The molecule has 0 spiro atoms. The standard InChI is InChI=1S/C16H20N2S/c1-10-6-4-5-7-14(10)15(18-13-8-9-13)16-17-11(2)12(3)19-16/h4-7,13,15,18H,8-9H2,1-3H3. The van der Waals surface area contributed by atoms with Crippen LogP contribution in [0.5, 0.6) is 0 Å². The van der Waals surface area contributed by atoms with E-state index in [1.54, 1.807) is 0 Å². The minimum Gasteiger partial charge on any atom is -0.301 e. The van der Waals surface area contributed by atoms with Gasteiger partial charge in [-0.1, -0.05) is 24.3 Å². The van der Waals surface area contributed by atoms with Crippen molar-refractivity contribution in [2.45, 2.75) is 45.7 Å². The van der Waals surface area contributed by atoms with E-state index in [1.807, 2.05) is 11.3 Å². The highest BCUT2D eigenvalue weighted by molar-refractivity contribution is 7.11. The minimum absolute atomic E-state index is 0.256. The number of benzene rings is 1. The Morgan fingerprint density at radius 3 is 2.53 bits per heavy atom. The highest BCUT2D eigenvalue weighted by Gasteiger charge is 2.28. The molecule has 1 unspecified atom stereocenters. The van der Waals surface area contributed by atoms with Crippen LogP contribution in [-0.2, 0) is 0 Å². The van der Waals surface area contributed by atoms with Gasteiger partial charge >= 0.3 is 0 Å². The molecule has 1 atom stereocenters. The first-order valence-electron chi connectivity index (χ1n) is 6.90. The van der Waals surface area contributed by atoms with Crippen molar-refractivity contribution in [3.63, 3.8) is 0 Å². The first-order chi connectivity index (χ1) is 9.15. The number of thiazole rings is 1. The number of nitrogens with one attached hydrogen (secondary N) is 1. The van der Waals surface area contributed by atoms with E-state index in [2.05, 4.69) is 50.4 Å². The number of hydrogen-bond acceptors (Lipinski definition) is 3. The Kier molecular flexibility index (Phi) is 3.42. The molecule has 3 heteroatoms. The van der Waals surface area contributed by atoms with E-state index in [4.69, 9.17) is 4.98 Å². The lowest BCUT2D eigenvalue weighted by molar-refractivity contribution is 0.595. The first kappa shape index (κ1) is 12.8. The molecule has 0 aliphatic heterocycles. The zero-order valence-corrected chi connectivity index (χ0v) is 12.6. The van der Waals surface area contributed by atoms with E-state index in [0.717, 1.165) is 5.69 Å². The number of rotatable bonds is 4. The van der Waals surface area contributed by atoms with Crippen molar-refractivity contribution in [1.29, 1.82) is 0 Å². The van der Waals surface area contributed by atoms with Crippen LogP contribution in [0.3, 0.4) is 0 Å². The van der Waals surface area contributed by atoms with Crippen LogP contribution in [0.2, 0.25) is 0 Å². The Morgan fingerprint density at radius 2 is 1.95 bits per heavy atom. The summed E-state index contributed by atoms with van der Waals surface area (Å²) in [5.41, 5.74) is 3.87. The lowest BCUT2D eigenvalue weighted by Gasteiger charge is -2.18. The van der Waals surface area contributed by atoms with Crippen LogP contribution in [0.4, 0.5) is 0 Å². The Bertz CT molecular complexity index is 565. The van der Waals surface area contributed by atoms with Crippen LogP contribution < -0.4 is 5.32 Å². The molecule has 3 rings (SSSR count). The number of nitrogens with zero attached hydrogens (tertiary/aromatic N) is 1. The second kappa shape index (κ2) is 5.06. The molecule has 1 aliphatic rings. The SMILES string of the molecule is Cc1ccccc1C(NC1CC1)c1nc(C)c(C)s1. The van der Waals surface area contributed by atoms with Crippen molar-refractivity contribution in [3.05, 3.63) is 51.0 Å². The smallest absolute Gasteiger partial charge is 0.115 e. The molecular weight excluding hydrogens is 252 g/mol. The topological polar surface area (TPSA) is 24.9 Å². The molecule has 0 radical (unpaired) electrons. The number of aryl methyl sites for hydroxylation is 3. The summed E-state index contributed by atoms with van der Waals surface area (Å²) in [6.07, 6.45) is 2.59. The maximum absolute atomic E-state index is 4.76. The fourth-order valence-corrected chi connectivity index (χ4v) is 3.31. The van der Waals surface area contributed by atoms with Gasteiger partial charge < -0.3 is 5.32 Å². The highest BCUT2D eigenvalue weighted by atomic mass is 32.1. The third-order valence-electron chi connectivity index (χ3n) is 3.77. The molecule has 100 valence electrons. The predicted octanol–water partition coefficient (Wildman–Crippen LogP) is 3.91. The van der Waals surface area contributed by atoms with Crippen molar-refractivity contribution >= 4 is 11.3 Å². The van der Waals surface area contributed by atoms with Gasteiger partial charge in [0.05, 0.1) is 11.7 Å². The molecule has 1 heterocycles. The second-order valence-electron chi connectivity index (χ2n) is 5.42. The third kappa shape index (κ3) is 2.72. The van der Waals surface area contributed by atoms with Crippen LogP contribution >= 0.6 is 11.3 Å². The van der Waals surface area contributed by atoms with E-state index in [0.29, 0.717) is 6.04 Å². The molecule has 2 aromatic rings. The summed E-state index contributed by atoms with van der Waals surface area (Å²) in [6, 6.07) is 9.56. The summed E-state index contributed by atoms with van der Waals surface area (Å²) in [5.74, 6) is 0. The summed E-state index contributed by atoms with van der Waals surface area (Å²) in [6.45, 7) is 6.44. The molecular formula is C16H20N2S. The molecule has 1 aromatic carbocycles. The Hall–Kier alpha value is -1.19. The average Bonchev–Trinajstić information content (AvgIpc) is 3.14. The number of aromatic nitrogens is 1. The Morgan fingerprint density at radius 1 is 1.21 bits per heavy atom. The van der Waals surface area contributed by atoms with Crippen molar-refractivity contribution < 1.29 is 0 Å². The van der Waals surface area contributed by atoms with Gasteiger partial charge in [-0.05, 0) is 44.7 Å². The van der Waals surface area contributed by atoms with Gasteiger partial charge in [-0.25, -0.2) is 4.98 Å². The van der Waals surface area contributed by atoms with Gasteiger partial charge in [-0.3, -0.25) is 0 Å². The van der Waals surface area contributed by atoms with E-state index in [-0.39, 0.29) is 6.04 Å². The zero-order chi connectivity index (χ0) is 13.4. The minimum atomic E-state index is 0.256. The van der Waals surface area contributed by atoms with Gasteiger partial charge in [0, 0.05) is 10.9 Å². The second-order valence-corrected chi connectivity index (χ2v) is 6.66. The van der Waals surface area contributed by atoms with Crippen molar-refractivity contribution in [1.82, 2.24) is 10.3 Å². The van der Waals surface area contributed by atoms with Crippen LogP contribution in [0.15, 0.2) is 24.3 Å². The van der Waals surface area contributed by atoms with E-state index < -0.39 is 0 Å². The zero-order valence-electron chi connectivity index (χ0n) is 11.7. The van der Waals surface area contributed by atoms with Crippen LogP contribution in [-0.4, -0.2) is 11.0 Å². The van der Waals surface area contributed by atoms with Gasteiger partial charge in [0.1, 0.15) is 5.01 Å². The lowest BCUT2D eigenvalue weighted by Crippen LogP contribution is -2.25. The molecule has 19 heavy (non-hydrogen) atoms. The fourth-order valence-electron chi connectivity index (χ4n) is 2.31. The molecule has 1 fully saturated rings. The summed E-state index contributed by atoms with van der Waals surface area (Å²) >= 11 is 1.82. The van der Waals surface area contributed by atoms with E-state index in [1.165, 1.54) is 33.9 Å². The summed E-state index contributed by atoms with van der Waals surface area (Å²) in [4.78, 5) is 6.09. The van der Waals surface area contributed by atoms with Crippen molar-refractivity contribution in [3.8, 4) is 0 Å². The van der Waals surface area contributed by atoms with E-state index >= 15 is 0 Å². The molecule has 2 nitrogen and oxygen atoms in total. The highest BCUT2D eigenvalue weighted by Crippen LogP contribution is 2.33. The third-order valence-corrected chi connectivity index (χ3v) is 4.91. The summed E-state index contributed by atoms with van der Waals surface area (Å²) < 4.78 is 0. The first-order valence-corrected chi connectivity index (χ1v) is 7.72. The van der Waals surface area contributed by atoms with Gasteiger partial charge in [-0.15, -0.1) is 11.3 Å². The monoisotopic (exact) mass is 272 g/mol. The molecule has 1 aliphatic carbocycles. The van der Waals surface area contributed by atoms with Gasteiger partial charge in [0.2, 0.25) is 0 Å². The van der Waals surface area contributed by atoms with Gasteiger partial charge in [0.15, 0.2) is 0 Å². The normalized spacial score (nSPS) is 16.6. The largest absolute Gasteiger partial charge is 0.301 e. The Balaban J connectivity index is 1.99. The lowest BCUT2D eigenvalue weighted by atomic mass is 10.0. The van der Waals surface area contributed by atoms with Crippen LogP contribution in [0, 0.1) is 20.8 Å². The fraction of sp³-hybridized carbons (Fsp3) is 0.438. The van der Waals surface area contributed by atoms with Crippen LogP contribution in [0.1, 0.15) is 45.6 Å². The molecule has 0 saturated heterocycles. The summed E-state index contributed by atoms with van der Waals surface area (Å²) in [5, 5.41) is 4.96. The quantitative estimate of drug-likeness (QED) is 0.912. The number of hydrogen-bond donors (Lipinski definition) is 1. The van der Waals surface area contributed by atoms with Crippen molar-refractivity contribution in [2.75, 3.05) is 0 Å². The predicted molar refractivity (Wildman–Crippen MR) is 80.8 cm³/mol. The average molecular weight is 272 g/mol. The molecule has 1 N–H and O–H groups in total.